The van der Waals surface area contributed by atoms with Crippen molar-refractivity contribution in [2.24, 2.45) is 0 Å². The Bertz CT molecular complexity index is 476. The molecule has 0 spiro atoms. The highest BCUT2D eigenvalue weighted by Crippen LogP contribution is 2.11. The van der Waals surface area contributed by atoms with Crippen LogP contribution in [0, 0.1) is 6.42 Å². The van der Waals surface area contributed by atoms with Crippen LogP contribution in [0.5, 0.6) is 0 Å². The number of likely N-dealkylation sites (tertiary alicyclic amines) is 1. The fourth-order valence-electron chi connectivity index (χ4n) is 2.42. The van der Waals surface area contributed by atoms with Crippen molar-refractivity contribution in [3.63, 3.8) is 0 Å². The number of likely N-dealkylation sites (N-methyl/N-ethyl adjacent to an activating group) is 1. The predicted octanol–water partition coefficient (Wildman–Crippen LogP) is 1.65. The monoisotopic (exact) mass is 288 g/mol. The summed E-state index contributed by atoms with van der Waals surface area (Å²) in [6.45, 7) is 3.99. The van der Waals surface area contributed by atoms with Crippen LogP contribution < -0.4 is 0 Å². The Hall–Kier alpha value is -1.91. The molecule has 1 saturated heterocycles. The maximum absolute atomic E-state index is 12.4. The number of rotatable bonds is 5. The van der Waals surface area contributed by atoms with Gasteiger partial charge in [-0.05, 0) is 37.5 Å². The molecule has 5 nitrogen and oxygen atoms in total. The van der Waals surface area contributed by atoms with E-state index < -0.39 is 0 Å². The molecule has 0 bridgehead atoms. The molecule has 1 aliphatic heterocycles. The number of carbonyl (C=O) groups is 2. The molecule has 1 aliphatic rings. The van der Waals surface area contributed by atoms with E-state index in [9.17, 15) is 9.59 Å². The van der Waals surface area contributed by atoms with Crippen LogP contribution in [-0.4, -0.2) is 46.2 Å². The molecule has 21 heavy (non-hydrogen) atoms. The van der Waals surface area contributed by atoms with E-state index >= 15 is 0 Å². The van der Waals surface area contributed by atoms with E-state index in [-0.39, 0.29) is 18.4 Å². The molecule has 0 aromatic carbocycles. The molecule has 2 rings (SSSR count). The van der Waals surface area contributed by atoms with Gasteiger partial charge in [0.05, 0.1) is 6.54 Å². The number of nitrogens with zero attached hydrogens (tertiary/aromatic N) is 3. The summed E-state index contributed by atoms with van der Waals surface area (Å²) < 4.78 is 0. The largest absolute Gasteiger partial charge is 0.337 e. The lowest BCUT2D eigenvalue weighted by Gasteiger charge is -2.26. The summed E-state index contributed by atoms with van der Waals surface area (Å²) in [6, 6.07) is 3.81. The number of aromatic nitrogens is 1. The summed E-state index contributed by atoms with van der Waals surface area (Å²) in [4.78, 5) is 31.7. The van der Waals surface area contributed by atoms with E-state index in [2.05, 4.69) is 4.98 Å². The molecule has 1 radical (unpaired) electrons. The van der Waals surface area contributed by atoms with Gasteiger partial charge in [-0.2, -0.15) is 0 Å². The quantitative estimate of drug-likeness (QED) is 0.828. The molecule has 0 saturated carbocycles. The lowest BCUT2D eigenvalue weighted by Crippen LogP contribution is -2.42. The zero-order valence-electron chi connectivity index (χ0n) is 12.5. The Labute approximate surface area is 126 Å². The van der Waals surface area contributed by atoms with Crippen LogP contribution in [0.4, 0.5) is 0 Å². The maximum atomic E-state index is 12.4. The molecule has 0 atom stereocenters. The third kappa shape index (κ3) is 4.55. The SMILES string of the molecule is CCN(Cc1ccncc1)C(=O)CN1CCCC[CH]C1=O. The van der Waals surface area contributed by atoms with Crippen LogP contribution in [0.2, 0.25) is 0 Å². The standard InChI is InChI=1S/C16H22N3O2/c1-2-18(12-14-7-9-17-10-8-14)16(21)13-19-11-5-3-4-6-15(19)20/h6-10H,2-5,11-13H2,1H3. The average molecular weight is 288 g/mol. The second-order valence-electron chi connectivity index (χ2n) is 5.22. The lowest BCUT2D eigenvalue weighted by molar-refractivity contribution is -0.138. The summed E-state index contributed by atoms with van der Waals surface area (Å²) in [5.41, 5.74) is 1.05. The molecule has 2 amide bonds. The Morgan fingerprint density at radius 3 is 2.81 bits per heavy atom. The van der Waals surface area contributed by atoms with Crippen molar-refractivity contribution in [2.45, 2.75) is 32.7 Å². The van der Waals surface area contributed by atoms with Gasteiger partial charge in [-0.15, -0.1) is 0 Å². The van der Waals surface area contributed by atoms with Gasteiger partial charge in [0.2, 0.25) is 11.8 Å². The number of hydrogen-bond acceptors (Lipinski definition) is 3. The predicted molar refractivity (Wildman–Crippen MR) is 80.1 cm³/mol. The average Bonchev–Trinajstić information content (AvgIpc) is 2.71. The smallest absolute Gasteiger partial charge is 0.242 e. The summed E-state index contributed by atoms with van der Waals surface area (Å²) in [7, 11) is 0. The summed E-state index contributed by atoms with van der Waals surface area (Å²) >= 11 is 0. The van der Waals surface area contributed by atoms with Crippen LogP contribution in [0.25, 0.3) is 0 Å². The molecule has 113 valence electrons. The van der Waals surface area contributed by atoms with Crippen LogP contribution in [0.15, 0.2) is 24.5 Å². The van der Waals surface area contributed by atoms with Gasteiger partial charge in [-0.1, -0.05) is 6.42 Å². The maximum Gasteiger partial charge on any atom is 0.242 e. The van der Waals surface area contributed by atoms with Gasteiger partial charge >= 0.3 is 0 Å². The zero-order valence-corrected chi connectivity index (χ0v) is 12.5. The minimum absolute atomic E-state index is 0.00189. The molecule has 2 heterocycles. The number of hydrogen-bond donors (Lipinski definition) is 0. The van der Waals surface area contributed by atoms with E-state index in [0.717, 1.165) is 24.8 Å². The second-order valence-corrected chi connectivity index (χ2v) is 5.22. The number of carbonyl (C=O) groups excluding carboxylic acids is 2. The molecule has 5 heteroatoms. The molecule has 0 aliphatic carbocycles. The van der Waals surface area contributed by atoms with E-state index in [1.807, 2.05) is 19.1 Å². The topological polar surface area (TPSA) is 53.5 Å². The normalized spacial score (nSPS) is 15.7. The molecule has 1 aromatic heterocycles. The Kier molecular flexibility index (Phi) is 5.72. The highest BCUT2D eigenvalue weighted by molar-refractivity contribution is 5.89. The molecule has 1 fully saturated rings. The molecule has 0 unspecified atom stereocenters. The third-order valence-electron chi connectivity index (χ3n) is 3.70. The van der Waals surface area contributed by atoms with Gasteiger partial charge in [0.15, 0.2) is 0 Å². The van der Waals surface area contributed by atoms with Crippen LogP contribution in [-0.2, 0) is 16.1 Å². The van der Waals surface area contributed by atoms with Gasteiger partial charge in [-0.3, -0.25) is 14.6 Å². The molecule has 1 aromatic rings. The number of amides is 2. The van der Waals surface area contributed by atoms with Crippen molar-refractivity contribution < 1.29 is 9.59 Å². The fourth-order valence-corrected chi connectivity index (χ4v) is 2.42. The van der Waals surface area contributed by atoms with Crippen molar-refractivity contribution in [1.29, 1.82) is 0 Å². The Morgan fingerprint density at radius 2 is 2.10 bits per heavy atom. The minimum Gasteiger partial charge on any atom is -0.337 e. The molecule has 0 N–H and O–H groups in total. The van der Waals surface area contributed by atoms with E-state index in [0.29, 0.717) is 19.6 Å². The highest BCUT2D eigenvalue weighted by atomic mass is 16.2. The summed E-state index contributed by atoms with van der Waals surface area (Å²) in [6.07, 6.45) is 7.94. The van der Waals surface area contributed by atoms with Crippen molar-refractivity contribution >= 4 is 11.8 Å². The van der Waals surface area contributed by atoms with Crippen molar-refractivity contribution in [1.82, 2.24) is 14.8 Å². The Balaban J connectivity index is 1.94. The third-order valence-corrected chi connectivity index (χ3v) is 3.70. The van der Waals surface area contributed by atoms with E-state index in [4.69, 9.17) is 0 Å². The summed E-state index contributed by atoms with van der Waals surface area (Å²) in [5.74, 6) is -0.0150. The van der Waals surface area contributed by atoms with Crippen molar-refractivity contribution in [3.8, 4) is 0 Å². The molecular weight excluding hydrogens is 266 g/mol. The van der Waals surface area contributed by atoms with E-state index in [1.165, 1.54) is 0 Å². The highest BCUT2D eigenvalue weighted by Gasteiger charge is 2.22. The first-order valence-electron chi connectivity index (χ1n) is 7.49. The lowest BCUT2D eigenvalue weighted by atomic mass is 10.2. The molecular formula is C16H22N3O2. The van der Waals surface area contributed by atoms with Gasteiger partial charge in [0, 0.05) is 38.4 Å². The van der Waals surface area contributed by atoms with Gasteiger partial charge in [0.1, 0.15) is 0 Å². The number of pyridine rings is 1. The van der Waals surface area contributed by atoms with Crippen LogP contribution in [0.3, 0.4) is 0 Å². The van der Waals surface area contributed by atoms with E-state index in [1.54, 1.807) is 28.6 Å². The first-order chi connectivity index (χ1) is 10.2. The van der Waals surface area contributed by atoms with Crippen molar-refractivity contribution in [3.05, 3.63) is 36.5 Å². The Morgan fingerprint density at radius 1 is 1.33 bits per heavy atom. The summed E-state index contributed by atoms with van der Waals surface area (Å²) in [5, 5.41) is 0. The van der Waals surface area contributed by atoms with Gasteiger partial charge in [-0.25, -0.2) is 0 Å². The van der Waals surface area contributed by atoms with Crippen LogP contribution >= 0.6 is 0 Å². The van der Waals surface area contributed by atoms with Gasteiger partial charge < -0.3 is 9.80 Å². The fraction of sp³-hybridized carbons (Fsp3) is 0.500. The first kappa shape index (κ1) is 15.5. The first-order valence-corrected chi connectivity index (χ1v) is 7.49. The zero-order chi connectivity index (χ0) is 15.1. The van der Waals surface area contributed by atoms with Gasteiger partial charge in [0.25, 0.3) is 0 Å². The van der Waals surface area contributed by atoms with Crippen molar-refractivity contribution in [2.75, 3.05) is 19.6 Å². The minimum atomic E-state index is -0.0131. The van der Waals surface area contributed by atoms with Crippen LogP contribution in [0.1, 0.15) is 31.7 Å². The second kappa shape index (κ2) is 7.76.